The molecule has 0 radical (unpaired) electrons. The maximum Gasteiger partial charge on any atom is 0.412 e. The number of halogens is 3. The van der Waals surface area contributed by atoms with E-state index in [1.54, 1.807) is 0 Å². The van der Waals surface area contributed by atoms with Gasteiger partial charge >= 0.3 is 6.18 Å². The summed E-state index contributed by atoms with van der Waals surface area (Å²) in [7, 11) is 1.35. The van der Waals surface area contributed by atoms with Crippen molar-refractivity contribution in [1.82, 2.24) is 0 Å². The Morgan fingerprint density at radius 3 is 2.73 bits per heavy atom. The predicted octanol–water partition coefficient (Wildman–Crippen LogP) is 2.27. The minimum atomic E-state index is -4.38. The van der Waals surface area contributed by atoms with E-state index in [-0.39, 0.29) is 13.0 Å². The van der Waals surface area contributed by atoms with Gasteiger partial charge in [0.25, 0.3) is 0 Å². The molecule has 0 amide bonds. The summed E-state index contributed by atoms with van der Waals surface area (Å²) in [5.74, 6) is 0. The van der Waals surface area contributed by atoms with Crippen molar-refractivity contribution in [3.8, 4) is 0 Å². The predicted molar refractivity (Wildman–Crippen MR) is 48.3 cm³/mol. The van der Waals surface area contributed by atoms with Gasteiger partial charge in [-0.15, -0.1) is 0 Å². The standard InChI is InChI=1S/C10H11F3O2/c1-15-7-9(6-14)4-2-3-8(5-9)10(11,12)13/h2-4,6H,5,7H2,1H3. The average molecular weight is 220 g/mol. The zero-order chi connectivity index (χ0) is 11.5. The number of carbonyl (C=O) groups is 1. The summed E-state index contributed by atoms with van der Waals surface area (Å²) in [4.78, 5) is 10.8. The Hall–Kier alpha value is -1.10. The van der Waals surface area contributed by atoms with Gasteiger partial charge in [-0.25, -0.2) is 0 Å². The second-order valence-corrected chi connectivity index (χ2v) is 3.51. The Kier molecular flexibility index (Phi) is 3.34. The SMILES string of the molecule is COCC1(C=O)C=CC=C(C(F)(F)F)C1. The number of hydrogen-bond donors (Lipinski definition) is 0. The zero-order valence-electron chi connectivity index (χ0n) is 8.17. The monoisotopic (exact) mass is 220 g/mol. The van der Waals surface area contributed by atoms with E-state index in [1.807, 2.05) is 0 Å². The van der Waals surface area contributed by atoms with E-state index in [4.69, 9.17) is 4.74 Å². The molecule has 1 aliphatic rings. The second kappa shape index (κ2) is 4.18. The van der Waals surface area contributed by atoms with E-state index in [9.17, 15) is 18.0 Å². The lowest BCUT2D eigenvalue weighted by Crippen LogP contribution is -2.31. The van der Waals surface area contributed by atoms with E-state index in [0.717, 1.165) is 6.08 Å². The fraction of sp³-hybridized carbons (Fsp3) is 0.500. The van der Waals surface area contributed by atoms with E-state index >= 15 is 0 Å². The fourth-order valence-electron chi connectivity index (χ4n) is 1.51. The van der Waals surface area contributed by atoms with Crippen molar-refractivity contribution >= 4 is 6.29 Å². The minimum absolute atomic E-state index is 0.0413. The highest BCUT2D eigenvalue weighted by Crippen LogP contribution is 2.38. The van der Waals surface area contributed by atoms with Crippen LogP contribution in [-0.2, 0) is 9.53 Å². The number of alkyl halides is 3. The van der Waals surface area contributed by atoms with Crippen molar-refractivity contribution in [3.63, 3.8) is 0 Å². The second-order valence-electron chi connectivity index (χ2n) is 3.51. The summed E-state index contributed by atoms with van der Waals surface area (Å²) >= 11 is 0. The molecule has 0 saturated carbocycles. The Morgan fingerprint density at radius 2 is 2.27 bits per heavy atom. The van der Waals surface area contributed by atoms with Gasteiger partial charge in [0.15, 0.2) is 0 Å². The van der Waals surface area contributed by atoms with E-state index in [1.165, 1.54) is 19.3 Å². The molecule has 0 aliphatic heterocycles. The highest BCUT2D eigenvalue weighted by Gasteiger charge is 2.40. The summed E-state index contributed by atoms with van der Waals surface area (Å²) in [5, 5.41) is 0. The summed E-state index contributed by atoms with van der Waals surface area (Å²) in [5.41, 5.74) is -1.87. The normalized spacial score (nSPS) is 26.3. The number of aldehydes is 1. The first-order valence-corrected chi connectivity index (χ1v) is 4.34. The highest BCUT2D eigenvalue weighted by atomic mass is 19.4. The van der Waals surface area contributed by atoms with E-state index in [2.05, 4.69) is 0 Å². The molecule has 1 atom stereocenters. The van der Waals surface area contributed by atoms with Gasteiger partial charge in [0.2, 0.25) is 0 Å². The molecule has 0 aromatic carbocycles. The summed E-state index contributed by atoms with van der Waals surface area (Å²) in [6, 6.07) is 0. The summed E-state index contributed by atoms with van der Waals surface area (Å²) in [6.07, 6.45) is -0.557. The first-order chi connectivity index (χ1) is 6.93. The molecule has 1 unspecified atom stereocenters. The molecule has 15 heavy (non-hydrogen) atoms. The molecule has 0 bridgehead atoms. The number of hydrogen-bond acceptors (Lipinski definition) is 2. The third kappa shape index (κ3) is 2.68. The minimum Gasteiger partial charge on any atom is -0.383 e. The first kappa shape index (κ1) is 12.0. The van der Waals surface area contributed by atoms with Crippen LogP contribution in [0.25, 0.3) is 0 Å². The molecule has 0 N–H and O–H groups in total. The topological polar surface area (TPSA) is 26.3 Å². The summed E-state index contributed by atoms with van der Waals surface area (Å²) < 4.78 is 42.0. The van der Waals surface area contributed by atoms with Crippen molar-refractivity contribution < 1.29 is 22.7 Å². The molecule has 2 nitrogen and oxygen atoms in total. The summed E-state index contributed by atoms with van der Waals surface area (Å²) in [6.45, 7) is -0.0413. The number of carbonyl (C=O) groups excluding carboxylic acids is 1. The van der Waals surface area contributed by atoms with Crippen LogP contribution in [0.5, 0.6) is 0 Å². The molecule has 0 saturated heterocycles. The van der Waals surface area contributed by atoms with Crippen LogP contribution in [0.2, 0.25) is 0 Å². The van der Waals surface area contributed by atoms with Crippen LogP contribution in [-0.4, -0.2) is 26.2 Å². The molecule has 84 valence electrons. The van der Waals surface area contributed by atoms with E-state index < -0.39 is 17.2 Å². The number of methoxy groups -OCH3 is 1. The third-order valence-corrected chi connectivity index (χ3v) is 2.26. The molecule has 0 aromatic heterocycles. The van der Waals surface area contributed by atoms with Gasteiger partial charge in [0.05, 0.1) is 12.0 Å². The maximum atomic E-state index is 12.4. The molecule has 1 rings (SSSR count). The van der Waals surface area contributed by atoms with Crippen LogP contribution in [0.15, 0.2) is 23.8 Å². The number of ether oxygens (including phenoxy) is 1. The maximum absolute atomic E-state index is 12.4. The Labute approximate surface area is 85.4 Å². The third-order valence-electron chi connectivity index (χ3n) is 2.26. The van der Waals surface area contributed by atoms with Gasteiger partial charge in [-0.05, 0) is 6.42 Å². The lowest BCUT2D eigenvalue weighted by atomic mass is 9.80. The van der Waals surface area contributed by atoms with Crippen molar-refractivity contribution in [3.05, 3.63) is 23.8 Å². The van der Waals surface area contributed by atoms with Crippen LogP contribution in [0, 0.1) is 5.41 Å². The molecule has 0 spiro atoms. The van der Waals surface area contributed by atoms with Gasteiger partial charge in [0, 0.05) is 12.7 Å². The Balaban J connectivity index is 2.90. The van der Waals surface area contributed by atoms with Crippen molar-refractivity contribution in [2.75, 3.05) is 13.7 Å². The smallest absolute Gasteiger partial charge is 0.383 e. The highest BCUT2D eigenvalue weighted by molar-refractivity contribution is 5.65. The van der Waals surface area contributed by atoms with Gasteiger partial charge in [-0.1, -0.05) is 18.2 Å². The molecule has 0 heterocycles. The molecule has 1 aliphatic carbocycles. The van der Waals surface area contributed by atoms with Crippen LogP contribution >= 0.6 is 0 Å². The van der Waals surface area contributed by atoms with E-state index in [0.29, 0.717) is 6.29 Å². The largest absolute Gasteiger partial charge is 0.412 e. The zero-order valence-corrected chi connectivity index (χ0v) is 8.17. The number of allylic oxidation sites excluding steroid dienone is 3. The quantitative estimate of drug-likeness (QED) is 0.682. The van der Waals surface area contributed by atoms with Gasteiger partial charge < -0.3 is 9.53 Å². The van der Waals surface area contributed by atoms with Crippen molar-refractivity contribution in [2.24, 2.45) is 5.41 Å². The Bertz CT molecular complexity index is 304. The average Bonchev–Trinajstić information content (AvgIpc) is 2.17. The fourth-order valence-corrected chi connectivity index (χ4v) is 1.51. The van der Waals surface area contributed by atoms with Crippen LogP contribution in [0.1, 0.15) is 6.42 Å². The number of rotatable bonds is 3. The lowest BCUT2D eigenvalue weighted by Gasteiger charge is -2.28. The molecular weight excluding hydrogens is 209 g/mol. The first-order valence-electron chi connectivity index (χ1n) is 4.34. The lowest BCUT2D eigenvalue weighted by molar-refractivity contribution is -0.119. The van der Waals surface area contributed by atoms with Crippen LogP contribution < -0.4 is 0 Å². The van der Waals surface area contributed by atoms with Gasteiger partial charge in [-0.3, -0.25) is 0 Å². The van der Waals surface area contributed by atoms with Crippen molar-refractivity contribution in [2.45, 2.75) is 12.6 Å². The molecule has 0 fully saturated rings. The van der Waals surface area contributed by atoms with Crippen LogP contribution in [0.4, 0.5) is 13.2 Å². The van der Waals surface area contributed by atoms with Crippen LogP contribution in [0.3, 0.4) is 0 Å². The molecule has 5 heteroatoms. The van der Waals surface area contributed by atoms with Gasteiger partial charge in [-0.2, -0.15) is 13.2 Å². The molecular formula is C10H11F3O2. The molecule has 0 aromatic rings. The Morgan fingerprint density at radius 1 is 1.60 bits per heavy atom. The van der Waals surface area contributed by atoms with Gasteiger partial charge in [0.1, 0.15) is 6.29 Å². The van der Waals surface area contributed by atoms with Crippen molar-refractivity contribution in [1.29, 1.82) is 0 Å².